The van der Waals surface area contributed by atoms with Crippen LogP contribution in [0, 0.1) is 0 Å². The largest absolute Gasteiger partial charge is 0.316 e. The Morgan fingerprint density at radius 1 is 1.44 bits per heavy atom. The van der Waals surface area contributed by atoms with Crippen LogP contribution in [0.5, 0.6) is 0 Å². The average Bonchev–Trinajstić information content (AvgIpc) is 2.29. The summed E-state index contributed by atoms with van der Waals surface area (Å²) in [5, 5.41) is 3.00. The SMILES string of the molecule is CO[n+]1ccc([C@@H]2CNCCC2(F)F)cc1. The van der Waals surface area contributed by atoms with Crippen LogP contribution in [0.1, 0.15) is 17.9 Å². The first-order valence-corrected chi connectivity index (χ1v) is 5.28. The molecule has 2 rings (SSSR count). The first-order valence-electron chi connectivity index (χ1n) is 5.28. The second-order valence-corrected chi connectivity index (χ2v) is 3.94. The fourth-order valence-electron chi connectivity index (χ4n) is 1.97. The van der Waals surface area contributed by atoms with E-state index in [0.29, 0.717) is 18.7 Å². The summed E-state index contributed by atoms with van der Waals surface area (Å²) < 4.78 is 28.8. The number of nitrogens with zero attached hydrogens (tertiary/aromatic N) is 1. The highest BCUT2D eigenvalue weighted by Crippen LogP contribution is 2.37. The Kier molecular flexibility index (Phi) is 3.05. The zero-order valence-electron chi connectivity index (χ0n) is 9.12. The van der Waals surface area contributed by atoms with Gasteiger partial charge in [-0.25, -0.2) is 8.78 Å². The number of halogens is 2. The molecule has 0 aliphatic carbocycles. The Labute approximate surface area is 93.0 Å². The fraction of sp³-hybridized carbons (Fsp3) is 0.545. The molecule has 0 spiro atoms. The van der Waals surface area contributed by atoms with Crippen LogP contribution in [0.25, 0.3) is 0 Å². The molecule has 1 fully saturated rings. The molecule has 3 nitrogen and oxygen atoms in total. The molecular formula is C11H15F2N2O+. The Morgan fingerprint density at radius 2 is 2.12 bits per heavy atom. The lowest BCUT2D eigenvalue weighted by molar-refractivity contribution is -0.885. The van der Waals surface area contributed by atoms with Crippen LogP contribution in [0.2, 0.25) is 0 Å². The molecule has 2 heterocycles. The van der Waals surface area contributed by atoms with Crippen LogP contribution in [0.15, 0.2) is 24.5 Å². The van der Waals surface area contributed by atoms with Crippen LogP contribution < -0.4 is 14.9 Å². The smallest absolute Gasteiger partial charge is 0.257 e. The van der Waals surface area contributed by atoms with Gasteiger partial charge < -0.3 is 5.32 Å². The molecule has 0 saturated carbocycles. The number of rotatable bonds is 2. The van der Waals surface area contributed by atoms with E-state index in [0.717, 1.165) is 0 Å². The van der Waals surface area contributed by atoms with Gasteiger partial charge in [0.25, 0.3) is 5.92 Å². The van der Waals surface area contributed by atoms with Crippen LogP contribution >= 0.6 is 0 Å². The summed E-state index contributed by atoms with van der Waals surface area (Å²) in [6, 6.07) is 3.35. The van der Waals surface area contributed by atoms with Crippen molar-refractivity contribution in [3.63, 3.8) is 0 Å². The van der Waals surface area contributed by atoms with Gasteiger partial charge >= 0.3 is 0 Å². The number of alkyl halides is 2. The summed E-state index contributed by atoms with van der Waals surface area (Å²) in [5.74, 6) is -3.36. The van der Waals surface area contributed by atoms with E-state index in [1.165, 1.54) is 11.8 Å². The predicted molar refractivity (Wildman–Crippen MR) is 54.3 cm³/mol. The molecule has 0 aromatic carbocycles. The third kappa shape index (κ3) is 2.14. The second-order valence-electron chi connectivity index (χ2n) is 3.94. The Balaban J connectivity index is 2.21. The van der Waals surface area contributed by atoms with Gasteiger partial charge in [-0.2, -0.15) is 0 Å². The van der Waals surface area contributed by atoms with E-state index in [4.69, 9.17) is 4.84 Å². The highest BCUT2D eigenvalue weighted by Gasteiger charge is 2.42. The van der Waals surface area contributed by atoms with Crippen molar-refractivity contribution in [2.75, 3.05) is 20.2 Å². The molecule has 5 heteroatoms. The van der Waals surface area contributed by atoms with Crippen molar-refractivity contribution in [2.24, 2.45) is 0 Å². The maximum atomic E-state index is 13.7. The maximum Gasteiger partial charge on any atom is 0.257 e. The Hall–Kier alpha value is -1.23. The van der Waals surface area contributed by atoms with Gasteiger partial charge in [-0.05, 0) is 5.56 Å². The van der Waals surface area contributed by atoms with Gasteiger partial charge in [-0.3, -0.25) is 4.84 Å². The molecule has 16 heavy (non-hydrogen) atoms. The molecule has 1 aromatic rings. The molecule has 0 unspecified atom stereocenters. The lowest BCUT2D eigenvalue weighted by Gasteiger charge is -2.31. The van der Waals surface area contributed by atoms with Gasteiger partial charge in [-0.1, -0.05) is 0 Å². The van der Waals surface area contributed by atoms with Crippen molar-refractivity contribution in [3.8, 4) is 0 Å². The third-order valence-electron chi connectivity index (χ3n) is 2.93. The minimum Gasteiger partial charge on any atom is -0.316 e. The van der Waals surface area contributed by atoms with E-state index in [9.17, 15) is 8.78 Å². The van der Waals surface area contributed by atoms with E-state index >= 15 is 0 Å². The van der Waals surface area contributed by atoms with E-state index in [1.54, 1.807) is 24.5 Å². The molecule has 0 bridgehead atoms. The van der Waals surface area contributed by atoms with Gasteiger partial charge in [0.15, 0.2) is 0 Å². The normalized spacial score (nSPS) is 24.1. The van der Waals surface area contributed by atoms with Gasteiger partial charge in [-0.15, -0.1) is 0 Å². The number of nitrogens with one attached hydrogen (secondary N) is 1. The highest BCUT2D eigenvalue weighted by molar-refractivity contribution is 5.19. The first kappa shape index (κ1) is 11.3. The monoisotopic (exact) mass is 229 g/mol. The molecular weight excluding hydrogens is 214 g/mol. The summed E-state index contributed by atoms with van der Waals surface area (Å²) in [6.07, 6.45) is 3.18. The molecule has 1 atom stereocenters. The molecule has 1 N–H and O–H groups in total. The van der Waals surface area contributed by atoms with Crippen molar-refractivity contribution in [1.82, 2.24) is 5.32 Å². The van der Waals surface area contributed by atoms with Crippen molar-refractivity contribution in [1.29, 1.82) is 0 Å². The molecule has 1 aliphatic heterocycles. The lowest BCUT2D eigenvalue weighted by atomic mass is 9.89. The van der Waals surface area contributed by atoms with E-state index in [1.807, 2.05) is 0 Å². The molecule has 0 amide bonds. The van der Waals surface area contributed by atoms with Crippen LogP contribution in [-0.4, -0.2) is 26.1 Å². The minimum atomic E-state index is -2.62. The van der Waals surface area contributed by atoms with Gasteiger partial charge in [0, 0.05) is 36.4 Å². The van der Waals surface area contributed by atoms with Crippen molar-refractivity contribution >= 4 is 0 Å². The maximum absolute atomic E-state index is 13.7. The summed E-state index contributed by atoms with van der Waals surface area (Å²) in [5.41, 5.74) is 0.644. The summed E-state index contributed by atoms with van der Waals surface area (Å²) in [4.78, 5) is 4.92. The summed E-state index contributed by atoms with van der Waals surface area (Å²) in [6.45, 7) is 0.707. The molecule has 1 aliphatic rings. The zero-order chi connectivity index (χ0) is 11.6. The summed E-state index contributed by atoms with van der Waals surface area (Å²) in [7, 11) is 1.52. The topological polar surface area (TPSA) is 25.1 Å². The predicted octanol–water partition coefficient (Wildman–Crippen LogP) is 0.745. The quantitative estimate of drug-likeness (QED) is 0.757. The molecule has 1 saturated heterocycles. The standard InChI is InChI=1S/C11H15F2N2O/c1-16-15-6-2-9(3-7-15)10-8-14-5-4-11(10,12)13/h2-3,6-7,10,14H,4-5,8H2,1H3/q+1/t10-/m0/s1. The fourth-order valence-corrected chi connectivity index (χ4v) is 1.97. The molecule has 1 aromatic heterocycles. The van der Waals surface area contributed by atoms with Crippen molar-refractivity contribution in [2.45, 2.75) is 18.3 Å². The van der Waals surface area contributed by atoms with Crippen LogP contribution in [-0.2, 0) is 0 Å². The van der Waals surface area contributed by atoms with Crippen LogP contribution in [0.3, 0.4) is 0 Å². The van der Waals surface area contributed by atoms with Gasteiger partial charge in [0.2, 0.25) is 12.4 Å². The number of aromatic nitrogens is 1. The number of pyridine rings is 1. The van der Waals surface area contributed by atoms with Gasteiger partial charge in [0.1, 0.15) is 7.11 Å². The van der Waals surface area contributed by atoms with Crippen LogP contribution in [0.4, 0.5) is 8.78 Å². The highest BCUT2D eigenvalue weighted by atomic mass is 19.3. The molecule has 0 radical (unpaired) electrons. The first-order chi connectivity index (χ1) is 7.63. The van der Waals surface area contributed by atoms with E-state index in [2.05, 4.69) is 5.32 Å². The van der Waals surface area contributed by atoms with Gasteiger partial charge in [0.05, 0.1) is 5.92 Å². The zero-order valence-corrected chi connectivity index (χ0v) is 9.12. The van der Waals surface area contributed by atoms with Crippen molar-refractivity contribution in [3.05, 3.63) is 30.1 Å². The average molecular weight is 229 g/mol. The number of piperidine rings is 1. The van der Waals surface area contributed by atoms with E-state index < -0.39 is 11.8 Å². The third-order valence-corrected chi connectivity index (χ3v) is 2.93. The second kappa shape index (κ2) is 4.33. The Morgan fingerprint density at radius 3 is 2.69 bits per heavy atom. The number of hydrogen-bond donors (Lipinski definition) is 1. The van der Waals surface area contributed by atoms with E-state index in [-0.39, 0.29) is 6.42 Å². The number of hydrogen-bond acceptors (Lipinski definition) is 2. The minimum absolute atomic E-state index is 0.100. The lowest BCUT2D eigenvalue weighted by Crippen LogP contribution is -2.44. The Bertz CT molecular complexity index is 354. The van der Waals surface area contributed by atoms with Crippen molar-refractivity contribution < 1.29 is 18.3 Å². The molecule has 88 valence electrons. The summed E-state index contributed by atoms with van der Waals surface area (Å²) >= 11 is 0.